The Bertz CT molecular complexity index is 534. The summed E-state index contributed by atoms with van der Waals surface area (Å²) in [4.78, 5) is 2.39. The molecule has 1 aromatic rings. The van der Waals surface area contributed by atoms with Crippen LogP contribution < -0.4 is 10.0 Å². The van der Waals surface area contributed by atoms with Gasteiger partial charge in [0, 0.05) is 19.6 Å². The van der Waals surface area contributed by atoms with Crippen molar-refractivity contribution >= 4 is 15.7 Å². The van der Waals surface area contributed by atoms with Gasteiger partial charge in [-0.15, -0.1) is 0 Å². The van der Waals surface area contributed by atoms with Crippen molar-refractivity contribution in [1.82, 2.24) is 4.90 Å². The minimum atomic E-state index is -3.19. The van der Waals surface area contributed by atoms with Crippen molar-refractivity contribution in [3.8, 4) is 0 Å². The van der Waals surface area contributed by atoms with Crippen LogP contribution in [0.4, 0.5) is 5.69 Å². The fourth-order valence-electron chi connectivity index (χ4n) is 2.37. The molecule has 112 valence electrons. The van der Waals surface area contributed by atoms with E-state index in [0.29, 0.717) is 11.7 Å². The summed E-state index contributed by atoms with van der Waals surface area (Å²) in [6, 6.07) is 8.03. The van der Waals surface area contributed by atoms with Crippen LogP contribution in [0.1, 0.15) is 18.4 Å². The van der Waals surface area contributed by atoms with Crippen molar-refractivity contribution in [2.75, 3.05) is 30.7 Å². The van der Waals surface area contributed by atoms with Gasteiger partial charge in [-0.05, 0) is 43.6 Å². The second-order valence-electron chi connectivity index (χ2n) is 5.51. The molecular weight excluding hydrogens is 274 g/mol. The maximum atomic E-state index is 11.5. The molecule has 1 aliphatic rings. The summed E-state index contributed by atoms with van der Waals surface area (Å²) in [6.07, 6.45) is 3.31. The van der Waals surface area contributed by atoms with E-state index in [0.717, 1.165) is 32.5 Å². The first-order valence-electron chi connectivity index (χ1n) is 6.87. The van der Waals surface area contributed by atoms with E-state index in [1.54, 1.807) is 7.05 Å². The Balaban J connectivity index is 1.98. The minimum absolute atomic E-state index is 0.344. The summed E-state index contributed by atoms with van der Waals surface area (Å²) in [5, 5.41) is 0. The Morgan fingerprint density at radius 1 is 1.25 bits per heavy atom. The van der Waals surface area contributed by atoms with E-state index < -0.39 is 10.0 Å². The molecule has 0 aromatic heterocycles. The van der Waals surface area contributed by atoms with Gasteiger partial charge in [0.1, 0.15) is 0 Å². The van der Waals surface area contributed by atoms with E-state index in [4.69, 9.17) is 5.73 Å². The van der Waals surface area contributed by atoms with Gasteiger partial charge < -0.3 is 5.73 Å². The zero-order valence-electron chi connectivity index (χ0n) is 12.1. The number of rotatable bonds is 4. The molecular formula is C14H23N3O2S. The normalized spacial score (nSPS) is 18.1. The third kappa shape index (κ3) is 3.94. The molecule has 1 heterocycles. The van der Waals surface area contributed by atoms with Gasteiger partial charge in [-0.2, -0.15) is 0 Å². The SMILES string of the molecule is CN(c1ccc(CN2CCC(N)CC2)cc1)S(C)(=O)=O. The van der Waals surface area contributed by atoms with Gasteiger partial charge in [-0.3, -0.25) is 9.21 Å². The smallest absolute Gasteiger partial charge is 0.231 e. The monoisotopic (exact) mass is 297 g/mol. The summed E-state index contributed by atoms with van der Waals surface area (Å²) in [5.74, 6) is 0. The summed E-state index contributed by atoms with van der Waals surface area (Å²) in [7, 11) is -1.63. The van der Waals surface area contributed by atoms with Crippen LogP contribution in [0.15, 0.2) is 24.3 Å². The predicted octanol–water partition coefficient (Wildman–Crippen LogP) is 1.01. The van der Waals surface area contributed by atoms with Crippen molar-refractivity contribution in [3.63, 3.8) is 0 Å². The first-order chi connectivity index (χ1) is 9.36. The standard InChI is InChI=1S/C14H23N3O2S/c1-16(20(2,18)19)14-5-3-12(4-6-14)11-17-9-7-13(15)8-10-17/h3-6,13H,7-11,15H2,1-2H3. The van der Waals surface area contributed by atoms with Crippen LogP contribution >= 0.6 is 0 Å². The molecule has 0 unspecified atom stereocenters. The zero-order valence-corrected chi connectivity index (χ0v) is 12.9. The number of sulfonamides is 1. The number of nitrogens with two attached hydrogens (primary N) is 1. The topological polar surface area (TPSA) is 66.6 Å². The lowest BCUT2D eigenvalue weighted by molar-refractivity contribution is 0.205. The predicted molar refractivity (Wildman–Crippen MR) is 82.2 cm³/mol. The van der Waals surface area contributed by atoms with Crippen LogP contribution in [-0.4, -0.2) is 45.8 Å². The van der Waals surface area contributed by atoms with Gasteiger partial charge in [0.25, 0.3) is 0 Å². The molecule has 2 N–H and O–H groups in total. The second-order valence-corrected chi connectivity index (χ2v) is 7.52. The quantitative estimate of drug-likeness (QED) is 0.900. The van der Waals surface area contributed by atoms with Gasteiger partial charge in [-0.25, -0.2) is 8.42 Å². The third-order valence-corrected chi connectivity index (χ3v) is 5.04. The number of likely N-dealkylation sites (tertiary alicyclic amines) is 1. The van der Waals surface area contributed by atoms with Gasteiger partial charge in [0.2, 0.25) is 10.0 Å². The maximum Gasteiger partial charge on any atom is 0.231 e. The molecule has 5 nitrogen and oxygen atoms in total. The molecule has 0 saturated carbocycles. The van der Waals surface area contributed by atoms with Crippen LogP contribution in [0, 0.1) is 0 Å². The van der Waals surface area contributed by atoms with Crippen LogP contribution in [-0.2, 0) is 16.6 Å². The molecule has 0 amide bonds. The highest BCUT2D eigenvalue weighted by molar-refractivity contribution is 7.92. The van der Waals surface area contributed by atoms with E-state index in [1.165, 1.54) is 16.1 Å². The Kier molecular flexibility index (Phi) is 4.67. The molecule has 0 bridgehead atoms. The maximum absolute atomic E-state index is 11.5. The summed E-state index contributed by atoms with van der Waals surface area (Å²) in [6.45, 7) is 2.97. The van der Waals surface area contributed by atoms with Crippen molar-refractivity contribution in [2.24, 2.45) is 5.73 Å². The zero-order chi connectivity index (χ0) is 14.8. The lowest BCUT2D eigenvalue weighted by atomic mass is 10.1. The molecule has 0 spiro atoms. The van der Waals surface area contributed by atoms with E-state index in [2.05, 4.69) is 4.90 Å². The average Bonchev–Trinajstić information content (AvgIpc) is 2.40. The van der Waals surface area contributed by atoms with Crippen molar-refractivity contribution in [3.05, 3.63) is 29.8 Å². The fraction of sp³-hybridized carbons (Fsp3) is 0.571. The summed E-state index contributed by atoms with van der Waals surface area (Å²) >= 11 is 0. The Morgan fingerprint density at radius 3 is 2.30 bits per heavy atom. The largest absolute Gasteiger partial charge is 0.328 e. The molecule has 1 aliphatic heterocycles. The molecule has 1 fully saturated rings. The molecule has 0 radical (unpaired) electrons. The second kappa shape index (κ2) is 6.11. The minimum Gasteiger partial charge on any atom is -0.328 e. The van der Waals surface area contributed by atoms with Gasteiger partial charge in [0.05, 0.1) is 11.9 Å². The lowest BCUT2D eigenvalue weighted by Crippen LogP contribution is -2.39. The number of hydrogen-bond donors (Lipinski definition) is 1. The summed E-state index contributed by atoms with van der Waals surface area (Å²) in [5.41, 5.74) is 7.79. The van der Waals surface area contributed by atoms with E-state index in [-0.39, 0.29) is 0 Å². The van der Waals surface area contributed by atoms with E-state index in [1.807, 2.05) is 24.3 Å². The van der Waals surface area contributed by atoms with Crippen molar-refractivity contribution < 1.29 is 8.42 Å². The van der Waals surface area contributed by atoms with Crippen LogP contribution in [0.5, 0.6) is 0 Å². The molecule has 0 atom stereocenters. The molecule has 2 rings (SSSR count). The molecule has 6 heteroatoms. The van der Waals surface area contributed by atoms with Gasteiger partial charge >= 0.3 is 0 Å². The van der Waals surface area contributed by atoms with E-state index >= 15 is 0 Å². The highest BCUT2D eigenvalue weighted by atomic mass is 32.2. The lowest BCUT2D eigenvalue weighted by Gasteiger charge is -2.30. The average molecular weight is 297 g/mol. The number of benzene rings is 1. The van der Waals surface area contributed by atoms with Gasteiger partial charge in [-0.1, -0.05) is 12.1 Å². The first-order valence-corrected chi connectivity index (χ1v) is 8.72. The number of hydrogen-bond acceptors (Lipinski definition) is 4. The molecule has 20 heavy (non-hydrogen) atoms. The van der Waals surface area contributed by atoms with Crippen LogP contribution in [0.2, 0.25) is 0 Å². The summed E-state index contributed by atoms with van der Waals surface area (Å²) < 4.78 is 24.2. The first kappa shape index (κ1) is 15.3. The fourth-order valence-corrected chi connectivity index (χ4v) is 2.88. The Hall–Kier alpha value is -1.11. The van der Waals surface area contributed by atoms with Crippen molar-refractivity contribution in [1.29, 1.82) is 0 Å². The highest BCUT2D eigenvalue weighted by Crippen LogP contribution is 2.18. The van der Waals surface area contributed by atoms with Crippen LogP contribution in [0.25, 0.3) is 0 Å². The number of anilines is 1. The number of nitrogens with zero attached hydrogens (tertiary/aromatic N) is 2. The molecule has 1 aromatic carbocycles. The molecule has 0 aliphatic carbocycles. The highest BCUT2D eigenvalue weighted by Gasteiger charge is 2.16. The van der Waals surface area contributed by atoms with Crippen LogP contribution in [0.3, 0.4) is 0 Å². The number of piperidine rings is 1. The molecule has 1 saturated heterocycles. The Labute approximate surface area is 121 Å². The van der Waals surface area contributed by atoms with Gasteiger partial charge in [0.15, 0.2) is 0 Å². The van der Waals surface area contributed by atoms with E-state index in [9.17, 15) is 8.42 Å². The van der Waals surface area contributed by atoms with Crippen molar-refractivity contribution in [2.45, 2.75) is 25.4 Å². The third-order valence-electron chi connectivity index (χ3n) is 3.84. The Morgan fingerprint density at radius 2 is 1.80 bits per heavy atom.